The minimum atomic E-state index is -0.621. The van der Waals surface area contributed by atoms with E-state index in [0.29, 0.717) is 35.6 Å². The van der Waals surface area contributed by atoms with Crippen LogP contribution in [0.3, 0.4) is 0 Å². The summed E-state index contributed by atoms with van der Waals surface area (Å²) in [5.41, 5.74) is 1.12. The highest BCUT2D eigenvalue weighted by atomic mass is 16.5. The van der Waals surface area contributed by atoms with Crippen molar-refractivity contribution in [2.75, 3.05) is 23.0 Å². The molecule has 4 fully saturated rings. The van der Waals surface area contributed by atoms with Crippen molar-refractivity contribution < 1.29 is 28.7 Å². The van der Waals surface area contributed by atoms with Crippen LogP contribution in [0, 0.1) is 41.4 Å². The molecule has 8 heteroatoms. The zero-order valence-electron chi connectivity index (χ0n) is 21.0. The first-order valence-corrected chi connectivity index (χ1v) is 13.4. The molecule has 0 unspecified atom stereocenters. The Hall–Kier alpha value is -3.94. The number of carbonyl (C=O) groups excluding carboxylic acids is 4. The van der Waals surface area contributed by atoms with Crippen LogP contribution in [0.1, 0.15) is 19.8 Å². The average Bonchev–Trinajstić information content (AvgIpc) is 3.60. The number of anilines is 2. The Morgan fingerprint density at radius 3 is 2.24 bits per heavy atom. The van der Waals surface area contributed by atoms with Gasteiger partial charge in [0.05, 0.1) is 30.0 Å². The van der Waals surface area contributed by atoms with Gasteiger partial charge >= 0.3 is 5.97 Å². The molecular weight excluding hydrogens is 484 g/mol. The first kappa shape index (κ1) is 23.2. The predicted molar refractivity (Wildman–Crippen MR) is 137 cm³/mol. The van der Waals surface area contributed by atoms with Gasteiger partial charge in [-0.25, -0.2) is 4.90 Å². The fraction of sp³-hybridized carbons (Fsp3) is 0.400. The van der Waals surface area contributed by atoms with E-state index >= 15 is 0 Å². The molecule has 7 atom stereocenters. The number of benzene rings is 2. The van der Waals surface area contributed by atoms with Gasteiger partial charge in [-0.3, -0.25) is 19.2 Å². The van der Waals surface area contributed by atoms with E-state index < -0.39 is 11.9 Å². The van der Waals surface area contributed by atoms with Crippen LogP contribution in [0.25, 0.3) is 0 Å². The maximum Gasteiger partial charge on any atom is 0.316 e. The van der Waals surface area contributed by atoms with E-state index in [1.54, 1.807) is 53.4 Å². The molecule has 6 aliphatic rings. The lowest BCUT2D eigenvalue weighted by atomic mass is 9.63. The number of esters is 1. The fourth-order valence-corrected chi connectivity index (χ4v) is 7.10. The molecule has 8 rings (SSSR count). The van der Waals surface area contributed by atoms with Crippen LogP contribution in [0.4, 0.5) is 11.4 Å². The standard InChI is InChI=1S/C30H28N2O6/c1-2-37-19-8-6-17(7-9-19)31-15-16(12-25(31)33)30(36)38-20-5-3-4-18(13-20)32-28(34)26-21-10-11-22(24-14-23(21)24)27(26)29(32)35/h3-11,13,16,21-24,26-27H,2,12,14-15H2,1H3/t16-,21-,22-,23-,24+,26+,27-/m1/s1. The van der Waals surface area contributed by atoms with E-state index in [1.807, 2.05) is 6.92 Å². The van der Waals surface area contributed by atoms with Gasteiger partial charge in [-0.2, -0.15) is 0 Å². The van der Waals surface area contributed by atoms with Gasteiger partial charge in [0, 0.05) is 24.7 Å². The Morgan fingerprint density at radius 2 is 1.58 bits per heavy atom. The van der Waals surface area contributed by atoms with Crippen LogP contribution in [-0.2, 0) is 19.2 Å². The number of carbonyl (C=O) groups is 4. The molecule has 0 spiro atoms. The van der Waals surface area contributed by atoms with Gasteiger partial charge in [-0.05, 0) is 73.4 Å². The lowest BCUT2D eigenvalue weighted by Crippen LogP contribution is -2.40. The van der Waals surface area contributed by atoms with E-state index in [4.69, 9.17) is 9.47 Å². The molecule has 2 aromatic carbocycles. The van der Waals surface area contributed by atoms with Gasteiger partial charge in [0.25, 0.3) is 0 Å². The third kappa shape index (κ3) is 3.50. The molecular formula is C30H28N2O6. The zero-order valence-corrected chi connectivity index (χ0v) is 21.0. The SMILES string of the molecule is CCOc1ccc(N2C[C@H](C(=O)Oc3cccc(N4C(=O)[C@@H]5[C@@H]6C=C[C@H]([C@H]7C[C@@H]67)[C@@H]5C4=O)c3)CC2=O)cc1. The Morgan fingerprint density at radius 1 is 0.895 bits per heavy atom. The summed E-state index contributed by atoms with van der Waals surface area (Å²) in [5, 5.41) is 0. The highest BCUT2D eigenvalue weighted by Crippen LogP contribution is 2.65. The minimum absolute atomic E-state index is 0.0519. The summed E-state index contributed by atoms with van der Waals surface area (Å²) in [7, 11) is 0. The first-order valence-electron chi connectivity index (χ1n) is 13.4. The van der Waals surface area contributed by atoms with Crippen molar-refractivity contribution in [1.29, 1.82) is 0 Å². The molecule has 2 saturated heterocycles. The molecule has 2 heterocycles. The number of allylic oxidation sites excluding steroid dienone is 2. The number of nitrogens with zero attached hydrogens (tertiary/aromatic N) is 2. The number of imide groups is 1. The fourth-order valence-electron chi connectivity index (χ4n) is 7.10. The van der Waals surface area contributed by atoms with Crippen molar-refractivity contribution in [3.63, 3.8) is 0 Å². The van der Waals surface area contributed by atoms with Crippen LogP contribution in [-0.4, -0.2) is 36.8 Å². The molecule has 0 N–H and O–H groups in total. The topological polar surface area (TPSA) is 93.2 Å². The second-order valence-electron chi connectivity index (χ2n) is 10.9. The van der Waals surface area contributed by atoms with Crippen molar-refractivity contribution in [1.82, 2.24) is 0 Å². The highest BCUT2D eigenvalue weighted by molar-refractivity contribution is 6.22. The molecule has 38 heavy (non-hydrogen) atoms. The van der Waals surface area contributed by atoms with E-state index in [0.717, 1.165) is 6.42 Å². The minimum Gasteiger partial charge on any atom is -0.494 e. The Labute approximate surface area is 220 Å². The Balaban J connectivity index is 1.05. The van der Waals surface area contributed by atoms with Crippen molar-refractivity contribution >= 4 is 35.1 Å². The van der Waals surface area contributed by atoms with Crippen LogP contribution in [0.15, 0.2) is 60.7 Å². The molecule has 3 amide bonds. The molecule has 2 saturated carbocycles. The Kier molecular flexibility index (Phi) is 5.22. The summed E-state index contributed by atoms with van der Waals surface area (Å²) in [6.45, 7) is 2.67. The van der Waals surface area contributed by atoms with Crippen LogP contribution in [0.5, 0.6) is 11.5 Å². The van der Waals surface area contributed by atoms with Crippen LogP contribution >= 0.6 is 0 Å². The predicted octanol–water partition coefficient (Wildman–Crippen LogP) is 3.60. The molecule has 2 aliphatic heterocycles. The van der Waals surface area contributed by atoms with Gasteiger partial charge in [0.1, 0.15) is 11.5 Å². The van der Waals surface area contributed by atoms with Crippen molar-refractivity contribution in [3.05, 3.63) is 60.7 Å². The lowest BCUT2D eigenvalue weighted by Gasteiger charge is -2.37. The summed E-state index contributed by atoms with van der Waals surface area (Å²) >= 11 is 0. The Bertz CT molecular complexity index is 1350. The van der Waals surface area contributed by atoms with Gasteiger partial charge in [0.15, 0.2) is 0 Å². The van der Waals surface area contributed by atoms with Crippen LogP contribution < -0.4 is 19.3 Å². The highest BCUT2D eigenvalue weighted by Gasteiger charge is 2.67. The monoisotopic (exact) mass is 512 g/mol. The van der Waals surface area contributed by atoms with E-state index in [-0.39, 0.29) is 60.1 Å². The maximum absolute atomic E-state index is 13.4. The lowest BCUT2D eigenvalue weighted by molar-refractivity contribution is -0.139. The second-order valence-corrected chi connectivity index (χ2v) is 10.9. The normalized spacial score (nSPS) is 32.4. The molecule has 194 valence electrons. The van der Waals surface area contributed by atoms with E-state index in [9.17, 15) is 19.2 Å². The third-order valence-electron chi connectivity index (χ3n) is 8.87. The van der Waals surface area contributed by atoms with Gasteiger partial charge in [0.2, 0.25) is 17.7 Å². The summed E-state index contributed by atoms with van der Waals surface area (Å²) in [6.07, 6.45) is 5.45. The number of rotatable bonds is 6. The largest absolute Gasteiger partial charge is 0.494 e. The molecule has 8 nitrogen and oxygen atoms in total. The molecule has 4 aliphatic carbocycles. The molecule has 0 radical (unpaired) electrons. The first-order chi connectivity index (χ1) is 18.4. The maximum atomic E-state index is 13.4. The summed E-state index contributed by atoms with van der Waals surface area (Å²) < 4.78 is 11.1. The number of hydrogen-bond donors (Lipinski definition) is 0. The van der Waals surface area contributed by atoms with Crippen molar-refractivity contribution in [3.8, 4) is 11.5 Å². The van der Waals surface area contributed by atoms with Gasteiger partial charge in [-0.15, -0.1) is 0 Å². The number of amides is 3. The number of hydrogen-bond acceptors (Lipinski definition) is 6. The van der Waals surface area contributed by atoms with Crippen molar-refractivity contribution in [2.45, 2.75) is 19.8 Å². The zero-order chi connectivity index (χ0) is 26.1. The van der Waals surface area contributed by atoms with E-state index in [1.165, 1.54) is 4.90 Å². The van der Waals surface area contributed by atoms with Crippen LogP contribution in [0.2, 0.25) is 0 Å². The summed E-state index contributed by atoms with van der Waals surface area (Å²) in [4.78, 5) is 55.4. The third-order valence-corrected chi connectivity index (χ3v) is 8.87. The van der Waals surface area contributed by atoms with Crippen molar-refractivity contribution in [2.24, 2.45) is 41.4 Å². The quantitative estimate of drug-likeness (QED) is 0.254. The smallest absolute Gasteiger partial charge is 0.316 e. The van der Waals surface area contributed by atoms with Gasteiger partial charge in [-0.1, -0.05) is 18.2 Å². The van der Waals surface area contributed by atoms with Gasteiger partial charge < -0.3 is 14.4 Å². The summed E-state index contributed by atoms with van der Waals surface area (Å²) in [5.74, 6) is 0.166. The molecule has 0 aromatic heterocycles. The second kappa shape index (κ2) is 8.55. The summed E-state index contributed by atoms with van der Waals surface area (Å²) in [6, 6.07) is 13.8. The number of ether oxygens (including phenoxy) is 2. The molecule has 2 aromatic rings. The van der Waals surface area contributed by atoms with E-state index in [2.05, 4.69) is 12.2 Å². The average molecular weight is 513 g/mol. The molecule has 2 bridgehead atoms.